The van der Waals surface area contributed by atoms with Crippen molar-refractivity contribution in [3.63, 3.8) is 0 Å². The largest absolute Gasteiger partial charge is 0.335 e. The maximum Gasteiger partial charge on any atom is 0.243 e. The van der Waals surface area contributed by atoms with Crippen LogP contribution in [0.4, 0.5) is 5.69 Å². The summed E-state index contributed by atoms with van der Waals surface area (Å²) in [6.45, 7) is 3.81. The Morgan fingerprint density at radius 3 is 2.54 bits per heavy atom. The molecule has 2 amide bonds. The van der Waals surface area contributed by atoms with Gasteiger partial charge in [-0.3, -0.25) is 9.59 Å². The summed E-state index contributed by atoms with van der Waals surface area (Å²) in [5.41, 5.74) is 1.85. The summed E-state index contributed by atoms with van der Waals surface area (Å²) >= 11 is 1.38. The van der Waals surface area contributed by atoms with Crippen molar-refractivity contribution in [2.75, 3.05) is 18.9 Å². The summed E-state index contributed by atoms with van der Waals surface area (Å²) in [7, 11) is 1.63. The summed E-state index contributed by atoms with van der Waals surface area (Å²) in [6.07, 6.45) is 1.69. The zero-order valence-electron chi connectivity index (χ0n) is 14.0. The van der Waals surface area contributed by atoms with E-state index in [1.165, 1.54) is 16.7 Å². The van der Waals surface area contributed by atoms with Gasteiger partial charge in [0, 0.05) is 18.9 Å². The second-order valence-corrected chi connectivity index (χ2v) is 6.90. The van der Waals surface area contributed by atoms with Crippen LogP contribution in [0.1, 0.15) is 12.5 Å². The molecule has 2 aromatic rings. The van der Waals surface area contributed by atoms with Crippen LogP contribution in [0.15, 0.2) is 53.7 Å². The van der Waals surface area contributed by atoms with Crippen molar-refractivity contribution in [1.29, 1.82) is 0 Å². The number of pyridine rings is 1. The second-order valence-electron chi connectivity index (χ2n) is 5.54. The Morgan fingerprint density at radius 1 is 1.21 bits per heavy atom. The minimum Gasteiger partial charge on any atom is -0.335 e. The van der Waals surface area contributed by atoms with Crippen molar-refractivity contribution in [2.45, 2.75) is 24.1 Å². The van der Waals surface area contributed by atoms with Crippen LogP contribution in [0, 0.1) is 6.92 Å². The quantitative estimate of drug-likeness (QED) is 0.819. The lowest BCUT2D eigenvalue weighted by atomic mass is 10.2. The van der Waals surface area contributed by atoms with E-state index in [-0.39, 0.29) is 23.6 Å². The van der Waals surface area contributed by atoms with Gasteiger partial charge in [0.15, 0.2) is 0 Å². The highest BCUT2D eigenvalue weighted by atomic mass is 32.2. The number of likely N-dealkylation sites (N-methyl/N-ethyl adjacent to an activating group) is 1. The number of aromatic nitrogens is 1. The third kappa shape index (κ3) is 5.38. The van der Waals surface area contributed by atoms with Crippen LogP contribution in [0.5, 0.6) is 0 Å². The molecule has 1 aromatic heterocycles. The Labute approximate surface area is 146 Å². The lowest BCUT2D eigenvalue weighted by molar-refractivity contribution is -0.132. The third-order valence-corrected chi connectivity index (χ3v) is 4.41. The van der Waals surface area contributed by atoms with Crippen LogP contribution >= 0.6 is 11.8 Å². The highest BCUT2D eigenvalue weighted by Crippen LogP contribution is 2.21. The Bertz CT molecular complexity index is 689. The molecule has 0 aliphatic carbocycles. The van der Waals surface area contributed by atoms with Crippen molar-refractivity contribution in [3.8, 4) is 0 Å². The van der Waals surface area contributed by atoms with Gasteiger partial charge in [-0.15, -0.1) is 0 Å². The number of benzene rings is 1. The molecular formula is C18H21N3O2S. The summed E-state index contributed by atoms with van der Waals surface area (Å²) in [5, 5.41) is 3.27. The monoisotopic (exact) mass is 343 g/mol. The van der Waals surface area contributed by atoms with Crippen LogP contribution < -0.4 is 5.32 Å². The van der Waals surface area contributed by atoms with Crippen LogP contribution in [0.2, 0.25) is 0 Å². The van der Waals surface area contributed by atoms with Crippen LogP contribution in [0.25, 0.3) is 0 Å². The number of hydrogen-bond acceptors (Lipinski definition) is 4. The van der Waals surface area contributed by atoms with E-state index in [2.05, 4.69) is 10.3 Å². The molecule has 0 saturated heterocycles. The van der Waals surface area contributed by atoms with Crippen LogP contribution in [-0.2, 0) is 9.59 Å². The fourth-order valence-electron chi connectivity index (χ4n) is 2.09. The molecule has 0 bridgehead atoms. The molecular weight excluding hydrogens is 322 g/mol. The fourth-order valence-corrected chi connectivity index (χ4v) is 3.01. The highest BCUT2D eigenvalue weighted by Gasteiger charge is 2.21. The molecule has 0 spiro atoms. The minimum atomic E-state index is -0.308. The summed E-state index contributed by atoms with van der Waals surface area (Å²) in [6, 6.07) is 13.1. The number of amides is 2. The van der Waals surface area contributed by atoms with E-state index in [4.69, 9.17) is 0 Å². The topological polar surface area (TPSA) is 62.3 Å². The Balaban J connectivity index is 1.86. The number of carbonyl (C=O) groups excluding carboxylic acids is 2. The first-order chi connectivity index (χ1) is 11.5. The molecule has 5 nitrogen and oxygen atoms in total. The third-order valence-electron chi connectivity index (χ3n) is 3.38. The molecule has 0 saturated carbocycles. The van der Waals surface area contributed by atoms with Gasteiger partial charge in [-0.1, -0.05) is 35.5 Å². The first-order valence-corrected chi connectivity index (χ1v) is 8.53. The van der Waals surface area contributed by atoms with Gasteiger partial charge in [-0.2, -0.15) is 0 Å². The number of nitrogens with zero attached hydrogens (tertiary/aromatic N) is 2. The van der Waals surface area contributed by atoms with Crippen LogP contribution in [-0.4, -0.2) is 40.5 Å². The molecule has 0 radical (unpaired) electrons. The van der Waals surface area contributed by atoms with Gasteiger partial charge in [-0.25, -0.2) is 4.98 Å². The molecule has 24 heavy (non-hydrogen) atoms. The smallest absolute Gasteiger partial charge is 0.243 e. The fraction of sp³-hybridized carbons (Fsp3) is 0.278. The molecule has 1 atom stereocenters. The SMILES string of the molecule is Cc1ccc(NC(=O)CN(C)C(=O)C(C)Sc2ccccn2)cc1. The van der Waals surface area contributed by atoms with Crippen molar-refractivity contribution in [1.82, 2.24) is 9.88 Å². The van der Waals surface area contributed by atoms with E-state index in [9.17, 15) is 9.59 Å². The second kappa shape index (κ2) is 8.49. The van der Waals surface area contributed by atoms with E-state index in [0.29, 0.717) is 0 Å². The van der Waals surface area contributed by atoms with Crippen molar-refractivity contribution in [2.24, 2.45) is 0 Å². The Kier molecular flexibility index (Phi) is 6.37. The number of hydrogen-bond donors (Lipinski definition) is 1. The standard InChI is InChI=1S/C18H21N3O2S/c1-13-7-9-15(10-8-13)20-16(22)12-21(3)18(23)14(2)24-17-6-4-5-11-19-17/h4-11,14H,12H2,1-3H3,(H,20,22). The lowest BCUT2D eigenvalue weighted by Gasteiger charge is -2.20. The zero-order valence-corrected chi connectivity index (χ0v) is 14.8. The van der Waals surface area contributed by atoms with Gasteiger partial charge >= 0.3 is 0 Å². The van der Waals surface area contributed by atoms with E-state index in [1.807, 2.05) is 56.3 Å². The summed E-state index contributed by atoms with van der Waals surface area (Å²) in [4.78, 5) is 30.1. The van der Waals surface area contributed by atoms with Crippen molar-refractivity contribution in [3.05, 3.63) is 54.2 Å². The van der Waals surface area contributed by atoms with Gasteiger partial charge in [0.05, 0.1) is 16.8 Å². The van der Waals surface area contributed by atoms with E-state index in [1.54, 1.807) is 13.2 Å². The van der Waals surface area contributed by atoms with E-state index in [0.717, 1.165) is 16.3 Å². The van der Waals surface area contributed by atoms with Gasteiger partial charge < -0.3 is 10.2 Å². The number of carbonyl (C=O) groups is 2. The minimum absolute atomic E-state index is 0.0137. The van der Waals surface area contributed by atoms with E-state index < -0.39 is 0 Å². The summed E-state index contributed by atoms with van der Waals surface area (Å²) < 4.78 is 0. The van der Waals surface area contributed by atoms with E-state index >= 15 is 0 Å². The number of rotatable bonds is 6. The normalized spacial score (nSPS) is 11.6. The number of anilines is 1. The molecule has 0 aliphatic heterocycles. The number of thioether (sulfide) groups is 1. The average Bonchev–Trinajstić information content (AvgIpc) is 2.57. The maximum atomic E-state index is 12.4. The average molecular weight is 343 g/mol. The van der Waals surface area contributed by atoms with Crippen molar-refractivity contribution >= 4 is 29.3 Å². The lowest BCUT2D eigenvalue weighted by Crippen LogP contribution is -2.38. The Hall–Kier alpha value is -2.34. The molecule has 1 N–H and O–H groups in total. The predicted molar refractivity (Wildman–Crippen MR) is 97.0 cm³/mol. The molecule has 1 heterocycles. The molecule has 6 heteroatoms. The molecule has 126 valence electrons. The molecule has 0 aliphatic rings. The first-order valence-electron chi connectivity index (χ1n) is 7.65. The molecule has 1 unspecified atom stereocenters. The van der Waals surface area contributed by atoms with Gasteiger partial charge in [0.25, 0.3) is 0 Å². The molecule has 2 rings (SSSR count). The zero-order chi connectivity index (χ0) is 17.5. The highest BCUT2D eigenvalue weighted by molar-refractivity contribution is 8.00. The molecule has 0 fully saturated rings. The first kappa shape index (κ1) is 18.0. The predicted octanol–water partition coefficient (Wildman–Crippen LogP) is 2.97. The van der Waals surface area contributed by atoms with Gasteiger partial charge in [0.2, 0.25) is 11.8 Å². The molecule has 1 aromatic carbocycles. The van der Waals surface area contributed by atoms with Crippen molar-refractivity contribution < 1.29 is 9.59 Å². The number of nitrogens with one attached hydrogen (secondary N) is 1. The van der Waals surface area contributed by atoms with Crippen LogP contribution in [0.3, 0.4) is 0 Å². The summed E-state index contributed by atoms with van der Waals surface area (Å²) in [5.74, 6) is -0.325. The van der Waals surface area contributed by atoms with Gasteiger partial charge in [0.1, 0.15) is 0 Å². The Morgan fingerprint density at radius 2 is 1.92 bits per heavy atom. The van der Waals surface area contributed by atoms with Gasteiger partial charge in [-0.05, 0) is 38.1 Å². The number of aryl methyl sites for hydroxylation is 1. The maximum absolute atomic E-state index is 12.4.